The maximum atomic E-state index is 13.6. The second-order valence-corrected chi connectivity index (χ2v) is 4.95. The third-order valence-electron chi connectivity index (χ3n) is 2.28. The van der Waals surface area contributed by atoms with Crippen molar-refractivity contribution in [1.29, 1.82) is 0 Å². The normalized spacial score (nSPS) is 10.1. The number of nitrogens with one attached hydrogen (secondary N) is 2. The van der Waals surface area contributed by atoms with E-state index in [2.05, 4.69) is 26.6 Å². The summed E-state index contributed by atoms with van der Waals surface area (Å²) in [7, 11) is 0. The third-order valence-corrected chi connectivity index (χ3v) is 3.11. The van der Waals surface area contributed by atoms with Crippen LogP contribution in [0.4, 0.5) is 20.2 Å². The Morgan fingerprint density at radius 2 is 1.74 bits per heavy atom. The fourth-order valence-electron chi connectivity index (χ4n) is 1.46. The number of halogens is 3. The van der Waals surface area contributed by atoms with Crippen LogP contribution in [0.15, 0.2) is 46.9 Å². The molecule has 2 aromatic rings. The van der Waals surface area contributed by atoms with Crippen LogP contribution in [0.25, 0.3) is 0 Å². The largest absolute Gasteiger partial charge is 0.332 e. The number of benzene rings is 2. The van der Waals surface area contributed by atoms with Crippen LogP contribution in [-0.2, 0) is 0 Å². The highest BCUT2D eigenvalue weighted by atomic mass is 79.9. The van der Waals surface area contributed by atoms with Crippen molar-refractivity contribution >= 4 is 44.6 Å². The molecule has 0 heterocycles. The fourth-order valence-corrected chi connectivity index (χ4v) is 2.19. The van der Waals surface area contributed by atoms with Gasteiger partial charge < -0.3 is 10.6 Å². The molecule has 0 spiro atoms. The molecule has 0 aliphatic heterocycles. The van der Waals surface area contributed by atoms with E-state index in [-0.39, 0.29) is 15.3 Å². The lowest BCUT2D eigenvalue weighted by molar-refractivity contribution is 0.585. The topological polar surface area (TPSA) is 24.1 Å². The average Bonchev–Trinajstić information content (AvgIpc) is 2.35. The standard InChI is InChI=1S/C13H9BrF2N2S/c14-10-6-8(15)7-11(16)12(10)18-13(19)17-9-4-2-1-3-5-9/h1-7H,(H2,17,18,19). The lowest BCUT2D eigenvalue weighted by atomic mass is 10.3. The van der Waals surface area contributed by atoms with Gasteiger partial charge in [-0.2, -0.15) is 0 Å². The number of thiocarbonyl (C=S) groups is 1. The average molecular weight is 343 g/mol. The van der Waals surface area contributed by atoms with Crippen LogP contribution < -0.4 is 10.6 Å². The van der Waals surface area contributed by atoms with Gasteiger partial charge in [-0.1, -0.05) is 18.2 Å². The van der Waals surface area contributed by atoms with Crippen molar-refractivity contribution in [3.8, 4) is 0 Å². The molecular formula is C13H9BrF2N2S. The predicted octanol–water partition coefficient (Wildman–Crippen LogP) is 4.54. The van der Waals surface area contributed by atoms with E-state index in [9.17, 15) is 8.78 Å². The second-order valence-electron chi connectivity index (χ2n) is 3.69. The van der Waals surface area contributed by atoms with Gasteiger partial charge in [-0.15, -0.1) is 0 Å². The monoisotopic (exact) mass is 342 g/mol. The molecule has 6 heteroatoms. The molecule has 0 aromatic heterocycles. The Balaban J connectivity index is 2.12. The van der Waals surface area contributed by atoms with Crippen LogP contribution in [-0.4, -0.2) is 5.11 Å². The van der Waals surface area contributed by atoms with Crippen molar-refractivity contribution in [2.45, 2.75) is 0 Å². The summed E-state index contributed by atoms with van der Waals surface area (Å²) in [4.78, 5) is 0. The minimum Gasteiger partial charge on any atom is -0.332 e. The van der Waals surface area contributed by atoms with Crippen molar-refractivity contribution in [2.24, 2.45) is 0 Å². The van der Waals surface area contributed by atoms with E-state index in [1.54, 1.807) is 0 Å². The van der Waals surface area contributed by atoms with Crippen molar-refractivity contribution in [1.82, 2.24) is 0 Å². The Morgan fingerprint density at radius 3 is 2.37 bits per heavy atom. The van der Waals surface area contributed by atoms with Crippen LogP contribution in [0.1, 0.15) is 0 Å². The summed E-state index contributed by atoms with van der Waals surface area (Å²) in [6.07, 6.45) is 0. The van der Waals surface area contributed by atoms with E-state index in [4.69, 9.17) is 12.2 Å². The van der Waals surface area contributed by atoms with Gasteiger partial charge >= 0.3 is 0 Å². The van der Waals surface area contributed by atoms with E-state index in [0.717, 1.165) is 17.8 Å². The van der Waals surface area contributed by atoms with Crippen LogP contribution in [0.3, 0.4) is 0 Å². The van der Waals surface area contributed by atoms with Gasteiger partial charge in [-0.25, -0.2) is 8.78 Å². The first kappa shape index (κ1) is 13.9. The minimum atomic E-state index is -0.718. The SMILES string of the molecule is Fc1cc(F)c(NC(=S)Nc2ccccc2)c(Br)c1. The zero-order valence-electron chi connectivity index (χ0n) is 9.58. The zero-order chi connectivity index (χ0) is 13.8. The first-order valence-electron chi connectivity index (χ1n) is 5.34. The summed E-state index contributed by atoms with van der Waals surface area (Å²) in [5.74, 6) is -1.37. The Bertz CT molecular complexity index is 582. The first-order chi connectivity index (χ1) is 9.06. The van der Waals surface area contributed by atoms with Gasteiger partial charge in [0, 0.05) is 16.2 Å². The van der Waals surface area contributed by atoms with Gasteiger partial charge in [0.2, 0.25) is 0 Å². The van der Waals surface area contributed by atoms with Gasteiger partial charge in [0.15, 0.2) is 10.9 Å². The van der Waals surface area contributed by atoms with Gasteiger partial charge in [0.1, 0.15) is 5.82 Å². The molecule has 2 aromatic carbocycles. The molecule has 0 saturated carbocycles. The van der Waals surface area contributed by atoms with E-state index >= 15 is 0 Å². The molecule has 0 saturated heterocycles. The van der Waals surface area contributed by atoms with Crippen LogP contribution in [0.5, 0.6) is 0 Å². The molecule has 98 valence electrons. The first-order valence-corrected chi connectivity index (χ1v) is 6.54. The minimum absolute atomic E-state index is 0.0924. The Labute approximate surface area is 123 Å². The smallest absolute Gasteiger partial charge is 0.175 e. The molecule has 0 aliphatic carbocycles. The van der Waals surface area contributed by atoms with E-state index < -0.39 is 11.6 Å². The zero-order valence-corrected chi connectivity index (χ0v) is 12.0. The summed E-state index contributed by atoms with van der Waals surface area (Å²) in [6, 6.07) is 11.2. The molecular weight excluding hydrogens is 334 g/mol. The summed E-state index contributed by atoms with van der Waals surface area (Å²) in [5, 5.41) is 5.80. The number of hydrogen-bond donors (Lipinski definition) is 2. The molecule has 0 aliphatic rings. The molecule has 0 amide bonds. The highest BCUT2D eigenvalue weighted by Crippen LogP contribution is 2.27. The van der Waals surface area contributed by atoms with Crippen LogP contribution in [0, 0.1) is 11.6 Å². The van der Waals surface area contributed by atoms with Gasteiger partial charge in [-0.3, -0.25) is 0 Å². The molecule has 0 bridgehead atoms. The highest BCUT2D eigenvalue weighted by Gasteiger charge is 2.10. The quantitative estimate of drug-likeness (QED) is 0.783. The van der Waals surface area contributed by atoms with Crippen molar-refractivity contribution in [3.63, 3.8) is 0 Å². The maximum Gasteiger partial charge on any atom is 0.175 e. The number of hydrogen-bond acceptors (Lipinski definition) is 1. The summed E-state index contributed by atoms with van der Waals surface area (Å²) < 4.78 is 26.8. The van der Waals surface area contributed by atoms with Gasteiger partial charge in [0.25, 0.3) is 0 Å². The van der Waals surface area contributed by atoms with E-state index in [1.807, 2.05) is 30.3 Å². The third kappa shape index (κ3) is 3.71. The summed E-state index contributed by atoms with van der Waals surface area (Å²) >= 11 is 8.15. The molecule has 19 heavy (non-hydrogen) atoms. The Hall–Kier alpha value is -1.53. The molecule has 2 nitrogen and oxygen atoms in total. The lowest BCUT2D eigenvalue weighted by Crippen LogP contribution is -2.20. The Morgan fingerprint density at radius 1 is 1.05 bits per heavy atom. The van der Waals surface area contributed by atoms with E-state index in [1.165, 1.54) is 0 Å². The number of para-hydroxylation sites is 1. The van der Waals surface area contributed by atoms with Crippen molar-refractivity contribution < 1.29 is 8.78 Å². The van der Waals surface area contributed by atoms with Gasteiger partial charge in [0.05, 0.1) is 5.69 Å². The Kier molecular flexibility index (Phi) is 4.44. The molecule has 2 N–H and O–H groups in total. The number of anilines is 2. The molecule has 0 radical (unpaired) electrons. The lowest BCUT2D eigenvalue weighted by Gasteiger charge is -2.12. The summed E-state index contributed by atoms with van der Waals surface area (Å²) in [6.45, 7) is 0. The predicted molar refractivity (Wildman–Crippen MR) is 80.3 cm³/mol. The van der Waals surface area contributed by atoms with Crippen LogP contribution >= 0.6 is 28.1 Å². The molecule has 2 rings (SSSR count). The molecule has 0 fully saturated rings. The summed E-state index contributed by atoms with van der Waals surface area (Å²) in [5.41, 5.74) is 0.869. The van der Waals surface area contributed by atoms with E-state index in [0.29, 0.717) is 0 Å². The van der Waals surface area contributed by atoms with Crippen molar-refractivity contribution in [3.05, 3.63) is 58.6 Å². The fraction of sp³-hybridized carbons (Fsp3) is 0. The van der Waals surface area contributed by atoms with Crippen molar-refractivity contribution in [2.75, 3.05) is 10.6 Å². The molecule has 0 atom stereocenters. The maximum absolute atomic E-state index is 13.6. The highest BCUT2D eigenvalue weighted by molar-refractivity contribution is 9.10. The molecule has 0 unspecified atom stereocenters. The van der Waals surface area contributed by atoms with Crippen LogP contribution in [0.2, 0.25) is 0 Å². The van der Waals surface area contributed by atoms with Gasteiger partial charge in [-0.05, 0) is 46.3 Å². The second kappa shape index (κ2) is 6.08. The number of rotatable bonds is 2.